The van der Waals surface area contributed by atoms with Crippen molar-refractivity contribution >= 4 is 27.9 Å². The number of halogens is 1. The largest absolute Gasteiger partial charge is 0.297 e. The van der Waals surface area contributed by atoms with Gasteiger partial charge in [-0.25, -0.2) is 0 Å². The third kappa shape index (κ3) is 1.97. The average molecular weight is 284 g/mol. The summed E-state index contributed by atoms with van der Waals surface area (Å²) in [5, 5.41) is 3.31. The quantitative estimate of drug-likeness (QED) is 0.730. The van der Waals surface area contributed by atoms with Crippen LogP contribution in [0.2, 0.25) is 5.02 Å². The van der Waals surface area contributed by atoms with E-state index in [1.54, 1.807) is 0 Å². The Morgan fingerprint density at radius 2 is 1.90 bits per heavy atom. The predicted molar refractivity (Wildman–Crippen MR) is 86.1 cm³/mol. The molecule has 102 valence electrons. The summed E-state index contributed by atoms with van der Waals surface area (Å²) in [6, 6.07) is 14.2. The van der Waals surface area contributed by atoms with Crippen LogP contribution < -0.4 is 0 Å². The van der Waals surface area contributed by atoms with Crippen LogP contribution in [0.3, 0.4) is 0 Å². The Balaban J connectivity index is 1.77. The summed E-state index contributed by atoms with van der Waals surface area (Å²) in [6.45, 7) is 0. The van der Waals surface area contributed by atoms with Crippen molar-refractivity contribution in [2.45, 2.75) is 31.3 Å². The Labute approximate surface area is 124 Å². The maximum Gasteiger partial charge on any atom is 0.0412 e. The summed E-state index contributed by atoms with van der Waals surface area (Å²) >= 11 is 6.11. The molecular weight excluding hydrogens is 266 g/mol. The number of hydrogen-bond donors (Lipinski definition) is 0. The molecule has 0 aromatic heterocycles. The van der Waals surface area contributed by atoms with Gasteiger partial charge in [-0.15, -0.1) is 0 Å². The van der Waals surface area contributed by atoms with Gasteiger partial charge in [0.05, 0.1) is 0 Å². The molecule has 2 aromatic rings. The van der Waals surface area contributed by atoms with Crippen molar-refractivity contribution in [3.63, 3.8) is 0 Å². The van der Waals surface area contributed by atoms with E-state index in [1.165, 1.54) is 41.2 Å². The number of fused-ring (bicyclic) bond motifs is 3. The first-order valence-electron chi connectivity index (χ1n) is 7.33. The number of rotatable bonds is 1. The lowest BCUT2D eigenvalue weighted by atomic mass is 9.93. The lowest BCUT2D eigenvalue weighted by molar-refractivity contribution is 0.264. The molecule has 0 saturated carbocycles. The van der Waals surface area contributed by atoms with Crippen LogP contribution in [0.4, 0.5) is 0 Å². The summed E-state index contributed by atoms with van der Waals surface area (Å²) in [5.74, 6) is 0. The zero-order valence-electron chi connectivity index (χ0n) is 11.6. The van der Waals surface area contributed by atoms with Crippen molar-refractivity contribution in [3.05, 3.63) is 53.1 Å². The molecule has 0 radical (unpaired) electrons. The highest BCUT2D eigenvalue weighted by Gasteiger charge is 2.33. The molecule has 1 saturated heterocycles. The second-order valence-corrected chi connectivity index (χ2v) is 6.50. The van der Waals surface area contributed by atoms with E-state index in [9.17, 15) is 0 Å². The summed E-state index contributed by atoms with van der Waals surface area (Å²) < 4.78 is 0. The second-order valence-electron chi connectivity index (χ2n) is 6.07. The van der Waals surface area contributed by atoms with Crippen LogP contribution >= 0.6 is 11.6 Å². The third-order valence-electron chi connectivity index (χ3n) is 4.92. The van der Waals surface area contributed by atoms with E-state index in [0.717, 1.165) is 11.1 Å². The first-order chi connectivity index (χ1) is 9.70. The molecule has 0 N–H and O–H groups in total. The van der Waals surface area contributed by atoms with Gasteiger partial charge in [-0.2, -0.15) is 0 Å². The molecule has 1 nitrogen and oxygen atoms in total. The Hall–Kier alpha value is -1.31. The molecule has 0 aliphatic carbocycles. The standard InChI is InChI=1S/C18H18ClN/c1-20-17-6-7-18(20)11-15(10-17)13-3-2-12-4-5-16(19)9-14(12)8-13/h2-5,8-10,17-18H,6-7,11H2,1H3. The second kappa shape index (κ2) is 4.61. The van der Waals surface area contributed by atoms with Gasteiger partial charge in [-0.3, -0.25) is 4.90 Å². The minimum Gasteiger partial charge on any atom is -0.297 e. The highest BCUT2D eigenvalue weighted by atomic mass is 35.5. The van der Waals surface area contributed by atoms with Crippen molar-refractivity contribution in [1.29, 1.82) is 0 Å². The molecule has 2 aliphatic rings. The predicted octanol–water partition coefficient (Wildman–Crippen LogP) is 4.74. The molecule has 0 spiro atoms. The van der Waals surface area contributed by atoms with Crippen molar-refractivity contribution in [3.8, 4) is 0 Å². The van der Waals surface area contributed by atoms with E-state index < -0.39 is 0 Å². The van der Waals surface area contributed by atoms with Gasteiger partial charge < -0.3 is 0 Å². The highest BCUT2D eigenvalue weighted by molar-refractivity contribution is 6.31. The summed E-state index contributed by atoms with van der Waals surface area (Å²) in [6.07, 6.45) is 6.29. The number of benzene rings is 2. The van der Waals surface area contributed by atoms with Gasteiger partial charge in [-0.1, -0.05) is 35.9 Å². The monoisotopic (exact) mass is 283 g/mol. The Morgan fingerprint density at radius 3 is 2.75 bits per heavy atom. The molecule has 20 heavy (non-hydrogen) atoms. The zero-order valence-corrected chi connectivity index (χ0v) is 12.4. The van der Waals surface area contributed by atoms with Crippen LogP contribution in [0.5, 0.6) is 0 Å². The lowest BCUT2D eigenvalue weighted by Gasteiger charge is -2.30. The minimum absolute atomic E-state index is 0.638. The van der Waals surface area contributed by atoms with Crippen molar-refractivity contribution in [1.82, 2.24) is 4.90 Å². The van der Waals surface area contributed by atoms with E-state index in [2.05, 4.69) is 48.4 Å². The number of likely N-dealkylation sites (N-methyl/N-ethyl adjacent to an activating group) is 1. The lowest BCUT2D eigenvalue weighted by Crippen LogP contribution is -2.34. The Morgan fingerprint density at radius 1 is 1.05 bits per heavy atom. The molecule has 2 heteroatoms. The first kappa shape index (κ1) is 12.4. The smallest absolute Gasteiger partial charge is 0.0412 e. The van der Waals surface area contributed by atoms with E-state index in [0.29, 0.717) is 6.04 Å². The molecule has 1 fully saturated rings. The van der Waals surface area contributed by atoms with E-state index in [4.69, 9.17) is 11.6 Å². The van der Waals surface area contributed by atoms with Gasteiger partial charge in [0.15, 0.2) is 0 Å². The summed E-state index contributed by atoms with van der Waals surface area (Å²) in [5.41, 5.74) is 2.88. The fourth-order valence-corrected chi connectivity index (χ4v) is 3.85. The first-order valence-corrected chi connectivity index (χ1v) is 7.71. The van der Waals surface area contributed by atoms with E-state index >= 15 is 0 Å². The van der Waals surface area contributed by atoms with Gasteiger partial charge in [0, 0.05) is 17.1 Å². The Kier molecular flexibility index (Phi) is 2.87. The molecular formula is C18H18ClN. The zero-order chi connectivity index (χ0) is 13.7. The fraction of sp³-hybridized carbons (Fsp3) is 0.333. The van der Waals surface area contributed by atoms with Gasteiger partial charge in [0.25, 0.3) is 0 Å². The van der Waals surface area contributed by atoms with Crippen molar-refractivity contribution in [2.24, 2.45) is 0 Å². The summed E-state index contributed by atoms with van der Waals surface area (Å²) in [4.78, 5) is 2.53. The number of nitrogens with zero attached hydrogens (tertiary/aromatic N) is 1. The Bertz CT molecular complexity index is 704. The SMILES string of the molecule is CN1C2C=C(c3ccc4ccc(Cl)cc4c3)CC1CC2. The molecule has 2 heterocycles. The van der Waals surface area contributed by atoms with Crippen LogP contribution in [0, 0.1) is 0 Å². The molecule has 2 unspecified atom stereocenters. The number of hydrogen-bond acceptors (Lipinski definition) is 1. The molecule has 2 bridgehead atoms. The fourth-order valence-electron chi connectivity index (χ4n) is 3.67. The van der Waals surface area contributed by atoms with Crippen LogP contribution in [-0.2, 0) is 0 Å². The average Bonchev–Trinajstić information content (AvgIpc) is 2.67. The maximum atomic E-state index is 6.11. The summed E-state index contributed by atoms with van der Waals surface area (Å²) in [7, 11) is 2.26. The third-order valence-corrected chi connectivity index (χ3v) is 5.15. The highest BCUT2D eigenvalue weighted by Crippen LogP contribution is 2.38. The normalized spacial score (nSPS) is 26.0. The van der Waals surface area contributed by atoms with Crippen molar-refractivity contribution < 1.29 is 0 Å². The molecule has 2 aliphatic heterocycles. The molecule has 2 aromatic carbocycles. The van der Waals surface area contributed by atoms with Crippen LogP contribution in [0.25, 0.3) is 16.3 Å². The van der Waals surface area contributed by atoms with Crippen LogP contribution in [0.15, 0.2) is 42.5 Å². The van der Waals surface area contributed by atoms with E-state index in [-0.39, 0.29) is 0 Å². The van der Waals surface area contributed by atoms with Crippen molar-refractivity contribution in [2.75, 3.05) is 7.05 Å². The van der Waals surface area contributed by atoms with Gasteiger partial charge in [0.2, 0.25) is 0 Å². The molecule has 0 amide bonds. The van der Waals surface area contributed by atoms with E-state index in [1.807, 2.05) is 6.07 Å². The van der Waals surface area contributed by atoms with Crippen LogP contribution in [0.1, 0.15) is 24.8 Å². The minimum atomic E-state index is 0.638. The van der Waals surface area contributed by atoms with Gasteiger partial charge >= 0.3 is 0 Å². The van der Waals surface area contributed by atoms with Gasteiger partial charge in [-0.05, 0) is 66.4 Å². The van der Waals surface area contributed by atoms with Gasteiger partial charge in [0.1, 0.15) is 0 Å². The topological polar surface area (TPSA) is 3.24 Å². The van der Waals surface area contributed by atoms with Crippen LogP contribution in [-0.4, -0.2) is 24.0 Å². The maximum absolute atomic E-state index is 6.11. The molecule has 4 rings (SSSR count). The molecule has 2 atom stereocenters.